The summed E-state index contributed by atoms with van der Waals surface area (Å²) in [6, 6.07) is 27.7. The lowest BCUT2D eigenvalue weighted by atomic mass is 10.0. The molecule has 4 amide bonds. The van der Waals surface area contributed by atoms with Crippen LogP contribution in [0.15, 0.2) is 103 Å². The molecule has 0 fully saturated rings. The molecule has 0 aliphatic heterocycles. The van der Waals surface area contributed by atoms with Crippen LogP contribution in [0.25, 0.3) is 0 Å². The average molecular weight is 803 g/mol. The van der Waals surface area contributed by atoms with Gasteiger partial charge in [-0.25, -0.2) is 8.42 Å². The van der Waals surface area contributed by atoms with Gasteiger partial charge in [0, 0.05) is 42.3 Å². The number of rotatable bonds is 18. The molecule has 0 aliphatic carbocycles. The molecular formula is C42H51ClN6O6S. The topological polar surface area (TPSA) is 166 Å². The van der Waals surface area contributed by atoms with E-state index in [1.807, 2.05) is 80.6 Å². The van der Waals surface area contributed by atoms with E-state index in [0.717, 1.165) is 27.3 Å². The van der Waals surface area contributed by atoms with Crippen molar-refractivity contribution in [2.75, 3.05) is 24.2 Å². The molecule has 14 heteroatoms. The van der Waals surface area contributed by atoms with Gasteiger partial charge in [-0.05, 0) is 73.2 Å². The van der Waals surface area contributed by atoms with E-state index in [1.165, 1.54) is 25.2 Å². The molecule has 5 N–H and O–H groups in total. The molecule has 4 aromatic carbocycles. The Bertz CT molecular complexity index is 2080. The molecule has 0 aliphatic rings. The van der Waals surface area contributed by atoms with Crippen molar-refractivity contribution in [3.63, 3.8) is 0 Å². The monoisotopic (exact) mass is 802 g/mol. The molecule has 0 heterocycles. The highest BCUT2D eigenvalue weighted by Crippen LogP contribution is 2.23. The van der Waals surface area contributed by atoms with Gasteiger partial charge in [0.15, 0.2) is 0 Å². The van der Waals surface area contributed by atoms with E-state index in [1.54, 1.807) is 32.0 Å². The first-order valence-corrected chi connectivity index (χ1v) is 20.6. The van der Waals surface area contributed by atoms with Crippen molar-refractivity contribution >= 4 is 50.9 Å². The van der Waals surface area contributed by atoms with E-state index in [-0.39, 0.29) is 41.1 Å². The largest absolute Gasteiger partial charge is 0.350 e. The number of amides is 4. The number of nitrogens with one attached hydrogen (secondary N) is 5. The lowest BCUT2D eigenvalue weighted by Gasteiger charge is -2.26. The Hall–Kier alpha value is -5.24. The Labute approximate surface area is 334 Å². The number of hydrogen-bond acceptors (Lipinski definition) is 7. The maximum Gasteiger partial charge on any atom is 0.251 e. The smallest absolute Gasteiger partial charge is 0.251 e. The van der Waals surface area contributed by atoms with E-state index < -0.39 is 46.0 Å². The zero-order valence-electron chi connectivity index (χ0n) is 32.5. The van der Waals surface area contributed by atoms with Crippen molar-refractivity contribution in [1.29, 1.82) is 0 Å². The van der Waals surface area contributed by atoms with Crippen LogP contribution in [0.4, 0.5) is 5.69 Å². The van der Waals surface area contributed by atoms with Gasteiger partial charge in [0.1, 0.15) is 6.04 Å². The fourth-order valence-corrected chi connectivity index (χ4v) is 6.53. The Morgan fingerprint density at radius 3 is 1.88 bits per heavy atom. The molecule has 0 aromatic heterocycles. The Kier molecular flexibility index (Phi) is 15.6. The summed E-state index contributed by atoms with van der Waals surface area (Å²) in [6.45, 7) is 7.67. The van der Waals surface area contributed by atoms with Gasteiger partial charge in [-0.3, -0.25) is 23.5 Å². The third kappa shape index (κ3) is 12.9. The molecular weight excluding hydrogens is 752 g/mol. The summed E-state index contributed by atoms with van der Waals surface area (Å²) in [6.07, 6.45) is 1.41. The van der Waals surface area contributed by atoms with E-state index in [2.05, 4.69) is 26.6 Å². The molecule has 0 saturated carbocycles. The number of halogens is 1. The number of sulfonamides is 1. The van der Waals surface area contributed by atoms with Gasteiger partial charge in [-0.15, -0.1) is 0 Å². The van der Waals surface area contributed by atoms with Crippen LogP contribution in [0.3, 0.4) is 0 Å². The van der Waals surface area contributed by atoms with Gasteiger partial charge < -0.3 is 26.6 Å². The SMILES string of the molecule is CC(C)[C@H](NC(=O)[C@H](C)NC[C@H](Cc1ccccc1)NC(=O)c1cc(C(=O)N[C@H](C)c2cccc(Cl)c2)cc(N(C)S(C)(=O)=O)c1)C(=O)NCc1ccccc1. The zero-order valence-corrected chi connectivity index (χ0v) is 34.1. The summed E-state index contributed by atoms with van der Waals surface area (Å²) in [5, 5.41) is 15.4. The molecule has 56 heavy (non-hydrogen) atoms. The second-order valence-electron chi connectivity index (χ2n) is 14.2. The summed E-state index contributed by atoms with van der Waals surface area (Å²) < 4.78 is 26.1. The highest BCUT2D eigenvalue weighted by atomic mass is 35.5. The van der Waals surface area contributed by atoms with Gasteiger partial charge in [0.05, 0.1) is 24.0 Å². The minimum Gasteiger partial charge on any atom is -0.350 e. The van der Waals surface area contributed by atoms with Crippen LogP contribution in [0.2, 0.25) is 5.02 Å². The molecule has 0 bridgehead atoms. The van der Waals surface area contributed by atoms with Gasteiger partial charge in [0.25, 0.3) is 11.8 Å². The van der Waals surface area contributed by atoms with Gasteiger partial charge >= 0.3 is 0 Å². The van der Waals surface area contributed by atoms with Crippen LogP contribution in [-0.2, 0) is 32.6 Å². The van der Waals surface area contributed by atoms with E-state index in [4.69, 9.17) is 11.6 Å². The van der Waals surface area contributed by atoms with Crippen LogP contribution in [0, 0.1) is 5.92 Å². The number of anilines is 1. The standard InChI is InChI=1S/C42H51ClN6O6S/c1-27(2)38(42(53)45-25-31-16-11-8-12-17-31)48-39(50)29(4)44-26-36(20-30-14-9-7-10-15-30)47-41(52)34-21-33(23-37(24-34)49(5)56(6,54)55)40(51)46-28(3)32-18-13-19-35(43)22-32/h7-19,21-24,27-29,36,38,44H,20,25-26H2,1-6H3,(H,45,53)(H,46,51)(H,47,52)(H,48,50)/t28-,29+,36+,38+/m1/s1. The highest BCUT2D eigenvalue weighted by Gasteiger charge is 2.27. The third-order valence-corrected chi connectivity index (χ3v) is 10.7. The first-order valence-electron chi connectivity index (χ1n) is 18.4. The maximum absolute atomic E-state index is 14.0. The van der Waals surface area contributed by atoms with Crippen LogP contribution in [-0.4, -0.2) is 70.0 Å². The van der Waals surface area contributed by atoms with Crippen LogP contribution < -0.4 is 30.9 Å². The second-order valence-corrected chi connectivity index (χ2v) is 16.6. The maximum atomic E-state index is 14.0. The van der Waals surface area contributed by atoms with Crippen LogP contribution >= 0.6 is 11.6 Å². The van der Waals surface area contributed by atoms with E-state index >= 15 is 0 Å². The molecule has 0 radical (unpaired) electrons. The highest BCUT2D eigenvalue weighted by molar-refractivity contribution is 7.92. The Morgan fingerprint density at radius 1 is 0.714 bits per heavy atom. The molecule has 4 aromatic rings. The fourth-order valence-electron chi connectivity index (χ4n) is 5.85. The summed E-state index contributed by atoms with van der Waals surface area (Å²) in [4.78, 5) is 54.0. The Morgan fingerprint density at radius 2 is 1.30 bits per heavy atom. The number of nitrogens with zero attached hydrogens (tertiary/aromatic N) is 1. The predicted octanol–water partition coefficient (Wildman–Crippen LogP) is 5.00. The molecule has 0 unspecified atom stereocenters. The van der Waals surface area contributed by atoms with Crippen molar-refractivity contribution in [3.05, 3.63) is 136 Å². The van der Waals surface area contributed by atoms with Crippen molar-refractivity contribution in [3.8, 4) is 0 Å². The summed E-state index contributed by atoms with van der Waals surface area (Å²) in [7, 11) is -2.41. The van der Waals surface area contributed by atoms with Crippen LogP contribution in [0.1, 0.15) is 71.1 Å². The predicted molar refractivity (Wildman–Crippen MR) is 221 cm³/mol. The van der Waals surface area contributed by atoms with Crippen molar-refractivity contribution < 1.29 is 27.6 Å². The van der Waals surface area contributed by atoms with E-state index in [9.17, 15) is 27.6 Å². The van der Waals surface area contributed by atoms with Crippen molar-refractivity contribution in [2.24, 2.45) is 5.92 Å². The average Bonchev–Trinajstić information content (AvgIpc) is 3.17. The minimum atomic E-state index is -3.76. The lowest BCUT2D eigenvalue weighted by molar-refractivity contribution is -0.131. The first-order chi connectivity index (χ1) is 26.5. The molecule has 0 saturated heterocycles. The summed E-state index contributed by atoms with van der Waals surface area (Å²) in [5.41, 5.74) is 2.88. The molecule has 12 nitrogen and oxygen atoms in total. The number of benzene rings is 4. The lowest BCUT2D eigenvalue weighted by Crippen LogP contribution is -2.55. The number of hydrogen-bond donors (Lipinski definition) is 5. The molecule has 4 rings (SSSR count). The zero-order chi connectivity index (χ0) is 41.0. The molecule has 4 atom stereocenters. The van der Waals surface area contributed by atoms with Crippen LogP contribution in [0.5, 0.6) is 0 Å². The van der Waals surface area contributed by atoms with Crippen molar-refractivity contribution in [2.45, 2.75) is 64.8 Å². The summed E-state index contributed by atoms with van der Waals surface area (Å²) in [5.74, 6) is -1.94. The molecule has 0 spiro atoms. The van der Waals surface area contributed by atoms with Gasteiger partial charge in [-0.2, -0.15) is 0 Å². The number of carbonyl (C=O) groups excluding carboxylic acids is 4. The molecule has 298 valence electrons. The normalized spacial score (nSPS) is 13.5. The Balaban J connectivity index is 1.51. The van der Waals surface area contributed by atoms with Gasteiger partial charge in [0.2, 0.25) is 21.8 Å². The number of carbonyl (C=O) groups is 4. The van der Waals surface area contributed by atoms with Crippen molar-refractivity contribution in [1.82, 2.24) is 26.6 Å². The second kappa shape index (κ2) is 20.1. The first kappa shape index (κ1) is 43.5. The quantitative estimate of drug-likeness (QED) is 0.0945. The van der Waals surface area contributed by atoms with Gasteiger partial charge in [-0.1, -0.05) is 98.2 Å². The fraction of sp³-hybridized carbons (Fsp3) is 0.333. The van der Waals surface area contributed by atoms with E-state index in [0.29, 0.717) is 18.0 Å². The summed E-state index contributed by atoms with van der Waals surface area (Å²) >= 11 is 6.16. The minimum absolute atomic E-state index is 0.0590. The third-order valence-electron chi connectivity index (χ3n) is 9.28.